The lowest BCUT2D eigenvalue weighted by atomic mass is 10.2. The van der Waals surface area contributed by atoms with Gasteiger partial charge in [-0.2, -0.15) is 0 Å². The standard InChI is InChI=1S/C20H20BrN3O3/c1-3-27-18-10-14(4-7-17(18)26-2)5-9-20(25)22-11-16-13-24-12-15(21)6-8-19(24)23-16/h4-10,12-13H,3,11H2,1-2H3,(H,22,25). The summed E-state index contributed by atoms with van der Waals surface area (Å²) < 4.78 is 13.7. The number of pyridine rings is 1. The van der Waals surface area contributed by atoms with Crippen molar-refractivity contribution in [3.05, 3.63) is 64.5 Å². The molecule has 27 heavy (non-hydrogen) atoms. The molecule has 1 amide bonds. The molecule has 0 saturated carbocycles. The second kappa shape index (κ2) is 8.73. The highest BCUT2D eigenvalue weighted by atomic mass is 79.9. The Morgan fingerprint density at radius 1 is 1.26 bits per heavy atom. The molecule has 3 rings (SSSR count). The monoisotopic (exact) mass is 429 g/mol. The maximum Gasteiger partial charge on any atom is 0.244 e. The van der Waals surface area contributed by atoms with E-state index in [1.165, 1.54) is 6.08 Å². The predicted molar refractivity (Wildman–Crippen MR) is 108 cm³/mol. The summed E-state index contributed by atoms with van der Waals surface area (Å²) in [7, 11) is 1.60. The Morgan fingerprint density at radius 2 is 2.11 bits per heavy atom. The highest BCUT2D eigenvalue weighted by Gasteiger charge is 2.05. The fourth-order valence-electron chi connectivity index (χ4n) is 2.58. The van der Waals surface area contributed by atoms with Crippen LogP contribution in [0.1, 0.15) is 18.2 Å². The summed E-state index contributed by atoms with van der Waals surface area (Å²) in [6.45, 7) is 2.81. The maximum atomic E-state index is 12.1. The zero-order chi connectivity index (χ0) is 19.2. The molecule has 6 nitrogen and oxygen atoms in total. The molecule has 2 aromatic heterocycles. The number of hydrogen-bond acceptors (Lipinski definition) is 4. The zero-order valence-electron chi connectivity index (χ0n) is 15.1. The summed E-state index contributed by atoms with van der Waals surface area (Å²) in [5, 5.41) is 2.84. The van der Waals surface area contributed by atoms with Crippen LogP contribution in [0.2, 0.25) is 0 Å². The van der Waals surface area contributed by atoms with Crippen molar-refractivity contribution in [3.8, 4) is 11.5 Å². The third kappa shape index (κ3) is 4.89. The van der Waals surface area contributed by atoms with Gasteiger partial charge in [-0.1, -0.05) is 6.07 Å². The van der Waals surface area contributed by atoms with Crippen LogP contribution in [0.5, 0.6) is 11.5 Å². The van der Waals surface area contributed by atoms with Crippen molar-refractivity contribution in [2.24, 2.45) is 0 Å². The number of methoxy groups -OCH3 is 1. The minimum Gasteiger partial charge on any atom is -0.493 e. The number of aromatic nitrogens is 2. The fraction of sp³-hybridized carbons (Fsp3) is 0.200. The number of carbonyl (C=O) groups excluding carboxylic acids is 1. The molecule has 1 N–H and O–H groups in total. The smallest absolute Gasteiger partial charge is 0.244 e. The van der Waals surface area contributed by atoms with Crippen molar-refractivity contribution in [1.82, 2.24) is 14.7 Å². The van der Waals surface area contributed by atoms with Crippen LogP contribution in [0.15, 0.2) is 53.3 Å². The number of carbonyl (C=O) groups is 1. The topological polar surface area (TPSA) is 64.9 Å². The number of nitrogens with one attached hydrogen (secondary N) is 1. The van der Waals surface area contributed by atoms with Crippen LogP contribution < -0.4 is 14.8 Å². The van der Waals surface area contributed by atoms with E-state index in [2.05, 4.69) is 26.2 Å². The quantitative estimate of drug-likeness (QED) is 0.579. The summed E-state index contributed by atoms with van der Waals surface area (Å²) in [5.41, 5.74) is 2.48. The van der Waals surface area contributed by atoms with Gasteiger partial charge in [0.15, 0.2) is 11.5 Å². The molecule has 0 spiro atoms. The lowest BCUT2D eigenvalue weighted by Crippen LogP contribution is -2.20. The lowest BCUT2D eigenvalue weighted by Gasteiger charge is -2.09. The zero-order valence-corrected chi connectivity index (χ0v) is 16.7. The number of hydrogen-bond donors (Lipinski definition) is 1. The van der Waals surface area contributed by atoms with Gasteiger partial charge in [0.2, 0.25) is 5.91 Å². The Balaban J connectivity index is 1.62. The minimum atomic E-state index is -0.193. The first-order valence-electron chi connectivity index (χ1n) is 8.49. The van der Waals surface area contributed by atoms with Crippen LogP contribution in [0, 0.1) is 0 Å². The molecule has 140 valence electrons. The summed E-state index contributed by atoms with van der Waals surface area (Å²) in [4.78, 5) is 16.6. The molecule has 0 bridgehead atoms. The molecule has 1 aromatic carbocycles. The number of imidazole rings is 1. The predicted octanol–water partition coefficient (Wildman–Crippen LogP) is 3.83. The van der Waals surface area contributed by atoms with Crippen LogP contribution in [0.25, 0.3) is 11.7 Å². The van der Waals surface area contributed by atoms with Gasteiger partial charge in [0.25, 0.3) is 0 Å². The van der Waals surface area contributed by atoms with Crippen LogP contribution in [-0.4, -0.2) is 29.0 Å². The largest absolute Gasteiger partial charge is 0.493 e. The lowest BCUT2D eigenvalue weighted by molar-refractivity contribution is -0.116. The molecule has 0 aliphatic carbocycles. The number of benzene rings is 1. The molecule has 0 fully saturated rings. The van der Waals surface area contributed by atoms with E-state index in [0.717, 1.165) is 21.4 Å². The molecular formula is C20H20BrN3O3. The van der Waals surface area contributed by atoms with E-state index in [4.69, 9.17) is 9.47 Å². The average molecular weight is 430 g/mol. The second-order valence-corrected chi connectivity index (χ2v) is 6.66. The Morgan fingerprint density at radius 3 is 2.89 bits per heavy atom. The summed E-state index contributed by atoms with van der Waals surface area (Å²) in [5.74, 6) is 1.12. The average Bonchev–Trinajstić information content (AvgIpc) is 3.07. The minimum absolute atomic E-state index is 0.193. The van der Waals surface area contributed by atoms with E-state index in [9.17, 15) is 4.79 Å². The number of amides is 1. The first-order chi connectivity index (χ1) is 13.1. The molecule has 0 aliphatic rings. The van der Waals surface area contributed by atoms with Gasteiger partial charge in [0.1, 0.15) is 5.65 Å². The molecule has 0 aliphatic heterocycles. The number of ether oxygens (including phenoxy) is 2. The normalized spacial score (nSPS) is 11.1. The first kappa shape index (κ1) is 19.0. The van der Waals surface area contributed by atoms with Crippen LogP contribution >= 0.6 is 15.9 Å². The number of nitrogens with zero attached hydrogens (tertiary/aromatic N) is 2. The number of rotatable bonds is 7. The molecule has 0 unspecified atom stereocenters. The highest BCUT2D eigenvalue weighted by molar-refractivity contribution is 9.10. The Labute approximate surface area is 165 Å². The Hall–Kier alpha value is -2.80. The maximum absolute atomic E-state index is 12.1. The van der Waals surface area contributed by atoms with Gasteiger partial charge >= 0.3 is 0 Å². The van der Waals surface area contributed by atoms with E-state index in [1.54, 1.807) is 13.2 Å². The Kier molecular flexibility index (Phi) is 6.13. The Bertz CT molecular complexity index is 982. The van der Waals surface area contributed by atoms with Gasteiger partial charge in [0.05, 0.1) is 26.0 Å². The van der Waals surface area contributed by atoms with E-state index in [0.29, 0.717) is 24.7 Å². The van der Waals surface area contributed by atoms with Crippen molar-refractivity contribution in [2.75, 3.05) is 13.7 Å². The third-order valence-electron chi connectivity index (χ3n) is 3.82. The molecular weight excluding hydrogens is 410 g/mol. The molecule has 0 atom stereocenters. The third-order valence-corrected chi connectivity index (χ3v) is 4.29. The van der Waals surface area contributed by atoms with E-state index < -0.39 is 0 Å². The van der Waals surface area contributed by atoms with Crippen LogP contribution in [0.3, 0.4) is 0 Å². The summed E-state index contributed by atoms with van der Waals surface area (Å²) >= 11 is 3.43. The number of fused-ring (bicyclic) bond motifs is 1. The van der Waals surface area contributed by atoms with Crippen LogP contribution in [0.4, 0.5) is 0 Å². The van der Waals surface area contributed by atoms with Gasteiger partial charge in [-0.15, -0.1) is 0 Å². The molecule has 2 heterocycles. The summed E-state index contributed by atoms with van der Waals surface area (Å²) in [6, 6.07) is 9.36. The molecule has 3 aromatic rings. The SMILES string of the molecule is CCOc1cc(C=CC(=O)NCc2cn3cc(Br)ccc3n2)ccc1OC. The van der Waals surface area contributed by atoms with Gasteiger partial charge in [-0.3, -0.25) is 4.79 Å². The molecule has 0 radical (unpaired) electrons. The van der Waals surface area contributed by atoms with Crippen LogP contribution in [-0.2, 0) is 11.3 Å². The van der Waals surface area contributed by atoms with E-state index in [-0.39, 0.29) is 5.91 Å². The molecule has 0 saturated heterocycles. The highest BCUT2D eigenvalue weighted by Crippen LogP contribution is 2.28. The molecule has 7 heteroatoms. The van der Waals surface area contributed by atoms with Crippen molar-refractivity contribution in [1.29, 1.82) is 0 Å². The van der Waals surface area contributed by atoms with Crippen molar-refractivity contribution >= 4 is 33.6 Å². The van der Waals surface area contributed by atoms with Gasteiger partial charge in [-0.05, 0) is 58.8 Å². The second-order valence-electron chi connectivity index (χ2n) is 5.74. The van der Waals surface area contributed by atoms with E-state index in [1.807, 2.05) is 54.0 Å². The number of halogens is 1. The van der Waals surface area contributed by atoms with Crippen molar-refractivity contribution in [2.45, 2.75) is 13.5 Å². The van der Waals surface area contributed by atoms with Gasteiger partial charge in [0, 0.05) is 22.9 Å². The summed E-state index contributed by atoms with van der Waals surface area (Å²) in [6.07, 6.45) is 7.04. The van der Waals surface area contributed by atoms with Gasteiger partial charge < -0.3 is 19.2 Å². The van der Waals surface area contributed by atoms with Gasteiger partial charge in [-0.25, -0.2) is 4.98 Å². The first-order valence-corrected chi connectivity index (χ1v) is 9.28. The van der Waals surface area contributed by atoms with Crippen molar-refractivity contribution in [3.63, 3.8) is 0 Å². The fourth-order valence-corrected chi connectivity index (χ4v) is 2.93. The van der Waals surface area contributed by atoms with Crippen molar-refractivity contribution < 1.29 is 14.3 Å². The van der Waals surface area contributed by atoms with E-state index >= 15 is 0 Å².